The standard InChI is InChI=1S/C46H39N4O4P/c1-30(32-18-6-3-7-19-32)47-41(51)35-24-12-16-28-39(35)45-49-43(53)37-26-14-15-27-38(37)44(54)50(49)46(55(45)34-22-10-5-11-23-34)40-29-17-13-25-36(40)42(52)48-31(2)33-20-8-4-9-21-33/h3-31,45-46H,1-2H3,(H,47,51)(H,48,52)/t30-,31+,45-,46-,55?/m0/s1. The van der Waals surface area contributed by atoms with Crippen LogP contribution in [-0.2, 0) is 0 Å². The summed E-state index contributed by atoms with van der Waals surface area (Å²) in [4.78, 5) is 58.5. The number of hydrogen-bond donors (Lipinski definition) is 2. The predicted octanol–water partition coefficient (Wildman–Crippen LogP) is 8.06. The minimum atomic E-state index is -1.59. The molecule has 0 spiro atoms. The van der Waals surface area contributed by atoms with Crippen LogP contribution in [0.3, 0.4) is 0 Å². The van der Waals surface area contributed by atoms with Gasteiger partial charge in [-0.05, 0) is 73.6 Å². The third-order valence-corrected chi connectivity index (χ3v) is 13.3. The fraction of sp³-hybridized carbons (Fsp3) is 0.130. The minimum Gasteiger partial charge on any atom is -0.346 e. The van der Waals surface area contributed by atoms with E-state index in [1.54, 1.807) is 45.8 Å². The lowest BCUT2D eigenvalue weighted by Crippen LogP contribution is -2.38. The van der Waals surface area contributed by atoms with Crippen LogP contribution in [0.25, 0.3) is 10.8 Å². The molecule has 0 saturated carbocycles. The topological polar surface area (TPSA) is 102 Å². The smallest absolute Gasteiger partial charge is 0.274 e. The van der Waals surface area contributed by atoms with E-state index in [0.717, 1.165) is 16.4 Å². The van der Waals surface area contributed by atoms with Crippen molar-refractivity contribution in [2.75, 3.05) is 0 Å². The summed E-state index contributed by atoms with van der Waals surface area (Å²) in [6.45, 7) is 3.87. The number of benzene rings is 6. The second-order valence-electron chi connectivity index (χ2n) is 13.7. The maximum absolute atomic E-state index is 14.9. The molecule has 1 aromatic heterocycles. The maximum Gasteiger partial charge on any atom is 0.274 e. The summed E-state index contributed by atoms with van der Waals surface area (Å²) >= 11 is 0. The highest BCUT2D eigenvalue weighted by atomic mass is 31.1. The number of carbonyl (C=O) groups is 2. The molecule has 7 aromatic rings. The first-order valence-corrected chi connectivity index (χ1v) is 19.8. The predicted molar refractivity (Wildman–Crippen MR) is 219 cm³/mol. The summed E-state index contributed by atoms with van der Waals surface area (Å²) in [5, 5.41) is 7.83. The van der Waals surface area contributed by atoms with E-state index < -0.39 is 19.5 Å². The molecule has 8 nitrogen and oxygen atoms in total. The van der Waals surface area contributed by atoms with Crippen LogP contribution in [0.15, 0.2) is 173 Å². The SMILES string of the molecule is C[C@H](NC(=O)c1ccccc1[C@H]1n2c(=O)c3ccccc3c(=O)n2[C@H](c2ccccc2C(=O)N[C@H](C)c2ccccc2)P1c1ccccc1)c1ccccc1. The Morgan fingerprint density at radius 3 is 1.25 bits per heavy atom. The third-order valence-electron chi connectivity index (χ3n) is 10.3. The third kappa shape index (κ3) is 6.59. The van der Waals surface area contributed by atoms with E-state index in [9.17, 15) is 19.2 Å². The van der Waals surface area contributed by atoms with Crippen LogP contribution in [0.4, 0.5) is 0 Å². The Labute approximate surface area is 319 Å². The van der Waals surface area contributed by atoms with Crippen LogP contribution < -0.4 is 27.1 Å². The molecule has 8 rings (SSSR count). The van der Waals surface area contributed by atoms with Gasteiger partial charge in [-0.1, -0.05) is 140 Å². The summed E-state index contributed by atoms with van der Waals surface area (Å²) < 4.78 is 3.12. The summed E-state index contributed by atoms with van der Waals surface area (Å²) in [7, 11) is -1.59. The van der Waals surface area contributed by atoms with Crippen molar-refractivity contribution < 1.29 is 9.59 Å². The monoisotopic (exact) mass is 742 g/mol. The van der Waals surface area contributed by atoms with Crippen molar-refractivity contribution in [1.29, 1.82) is 0 Å². The summed E-state index contributed by atoms with van der Waals surface area (Å²) in [6.07, 6.45) is 0. The summed E-state index contributed by atoms with van der Waals surface area (Å²) in [6, 6.07) is 50.2. The number of rotatable bonds is 9. The van der Waals surface area contributed by atoms with Gasteiger partial charge in [-0.3, -0.25) is 19.2 Å². The molecule has 0 saturated heterocycles. The Kier molecular flexibility index (Phi) is 9.83. The van der Waals surface area contributed by atoms with E-state index in [0.29, 0.717) is 33.0 Å². The first-order valence-electron chi connectivity index (χ1n) is 18.3. The van der Waals surface area contributed by atoms with Crippen molar-refractivity contribution in [1.82, 2.24) is 20.0 Å². The average molecular weight is 743 g/mol. The first kappa shape index (κ1) is 35.6. The number of nitrogens with one attached hydrogen (secondary N) is 2. The molecule has 0 bridgehead atoms. The van der Waals surface area contributed by atoms with E-state index in [1.807, 2.05) is 141 Å². The van der Waals surface area contributed by atoms with Crippen LogP contribution >= 0.6 is 7.92 Å². The van der Waals surface area contributed by atoms with Gasteiger partial charge in [-0.25, -0.2) is 9.36 Å². The molecule has 1 aliphatic heterocycles. The Morgan fingerprint density at radius 1 is 0.491 bits per heavy atom. The van der Waals surface area contributed by atoms with Gasteiger partial charge in [0.15, 0.2) is 0 Å². The maximum atomic E-state index is 14.9. The molecule has 55 heavy (non-hydrogen) atoms. The number of amides is 2. The number of aromatic nitrogens is 2. The molecule has 0 radical (unpaired) electrons. The van der Waals surface area contributed by atoms with E-state index in [4.69, 9.17) is 0 Å². The second-order valence-corrected chi connectivity index (χ2v) is 16.0. The summed E-state index contributed by atoms with van der Waals surface area (Å²) in [5.41, 5.74) is 3.25. The Hall–Kier alpha value is -6.37. The van der Waals surface area contributed by atoms with E-state index >= 15 is 0 Å². The molecule has 2 heterocycles. The van der Waals surface area contributed by atoms with Crippen molar-refractivity contribution in [2.45, 2.75) is 37.5 Å². The number of carbonyl (C=O) groups excluding carboxylic acids is 2. The van der Waals surface area contributed by atoms with Gasteiger partial charge in [0.25, 0.3) is 22.9 Å². The molecular formula is C46H39N4O4P. The molecule has 272 valence electrons. The molecule has 0 aliphatic carbocycles. The van der Waals surface area contributed by atoms with E-state index in [1.165, 1.54) is 0 Å². The lowest BCUT2D eigenvalue weighted by Gasteiger charge is -2.28. The molecule has 5 atom stereocenters. The van der Waals surface area contributed by atoms with Crippen LogP contribution in [-0.4, -0.2) is 21.2 Å². The molecule has 1 unspecified atom stereocenters. The lowest BCUT2D eigenvalue weighted by molar-refractivity contribution is 0.0930. The number of hydrogen-bond acceptors (Lipinski definition) is 4. The first-order chi connectivity index (χ1) is 26.8. The molecule has 1 aliphatic rings. The van der Waals surface area contributed by atoms with Gasteiger partial charge in [-0.2, -0.15) is 0 Å². The molecular weight excluding hydrogens is 704 g/mol. The quantitative estimate of drug-likeness (QED) is 0.146. The van der Waals surface area contributed by atoms with Gasteiger partial charge in [-0.15, -0.1) is 0 Å². The summed E-state index contributed by atoms with van der Waals surface area (Å²) in [5.74, 6) is -2.09. The van der Waals surface area contributed by atoms with Gasteiger partial charge >= 0.3 is 0 Å². The largest absolute Gasteiger partial charge is 0.346 e. The van der Waals surface area contributed by atoms with E-state index in [-0.39, 0.29) is 35.0 Å². The van der Waals surface area contributed by atoms with Gasteiger partial charge in [0.2, 0.25) is 0 Å². The van der Waals surface area contributed by atoms with E-state index in [2.05, 4.69) is 10.6 Å². The Morgan fingerprint density at radius 2 is 0.836 bits per heavy atom. The van der Waals surface area contributed by atoms with Crippen LogP contribution in [0.1, 0.15) is 80.5 Å². The number of nitrogens with zero attached hydrogens (tertiary/aromatic N) is 2. The van der Waals surface area contributed by atoms with Gasteiger partial charge in [0.1, 0.15) is 11.6 Å². The molecule has 2 N–H and O–H groups in total. The van der Waals surface area contributed by atoms with Crippen LogP contribution in [0.2, 0.25) is 0 Å². The zero-order valence-corrected chi connectivity index (χ0v) is 31.3. The highest BCUT2D eigenvalue weighted by Gasteiger charge is 2.47. The highest BCUT2D eigenvalue weighted by molar-refractivity contribution is 7.66. The fourth-order valence-corrected chi connectivity index (χ4v) is 10.9. The van der Waals surface area contributed by atoms with Crippen molar-refractivity contribution >= 4 is 35.8 Å². The highest BCUT2D eigenvalue weighted by Crippen LogP contribution is 2.65. The number of fused-ring (bicyclic) bond motifs is 2. The molecule has 6 aromatic carbocycles. The normalized spacial score (nSPS) is 17.2. The zero-order valence-electron chi connectivity index (χ0n) is 30.4. The van der Waals surface area contributed by atoms with Crippen molar-refractivity contribution in [3.63, 3.8) is 0 Å². The Balaban J connectivity index is 1.35. The molecule has 0 fully saturated rings. The fourth-order valence-electron chi connectivity index (χ4n) is 7.63. The second kappa shape index (κ2) is 15.2. The van der Waals surface area contributed by atoms with Crippen LogP contribution in [0.5, 0.6) is 0 Å². The van der Waals surface area contributed by atoms with Gasteiger partial charge < -0.3 is 10.6 Å². The Bertz CT molecular complexity index is 2480. The molecule has 2 amide bonds. The van der Waals surface area contributed by atoms with Gasteiger partial charge in [0.05, 0.1) is 22.9 Å². The van der Waals surface area contributed by atoms with Crippen LogP contribution in [0, 0.1) is 0 Å². The van der Waals surface area contributed by atoms with Crippen molar-refractivity contribution in [3.8, 4) is 0 Å². The molecule has 9 heteroatoms. The minimum absolute atomic E-state index is 0.291. The average Bonchev–Trinajstić information content (AvgIpc) is 3.60. The van der Waals surface area contributed by atoms with Gasteiger partial charge in [0, 0.05) is 11.1 Å². The van der Waals surface area contributed by atoms with Crippen molar-refractivity contribution in [2.24, 2.45) is 0 Å². The van der Waals surface area contributed by atoms with Crippen molar-refractivity contribution in [3.05, 3.63) is 218 Å². The zero-order chi connectivity index (χ0) is 38.1. The lowest BCUT2D eigenvalue weighted by atomic mass is 10.0.